The number of urea groups is 1. The number of amides is 3. The molecule has 2 rings (SSSR count). The summed E-state index contributed by atoms with van der Waals surface area (Å²) in [5, 5.41) is 14.6. The van der Waals surface area contributed by atoms with Crippen molar-refractivity contribution < 1.29 is 19.4 Å². The summed E-state index contributed by atoms with van der Waals surface area (Å²) in [6.45, 7) is 0.153. The summed E-state index contributed by atoms with van der Waals surface area (Å²) < 4.78 is 5.53. The first-order valence-corrected chi connectivity index (χ1v) is 6.54. The van der Waals surface area contributed by atoms with E-state index in [1.165, 1.54) is 0 Å². The molecule has 0 aliphatic carbocycles. The first-order valence-electron chi connectivity index (χ1n) is 6.54. The highest BCUT2D eigenvalue weighted by molar-refractivity contribution is 6.02. The second kappa shape index (κ2) is 6.42. The van der Waals surface area contributed by atoms with E-state index in [0.717, 1.165) is 5.56 Å². The maximum absolute atomic E-state index is 11.5. The number of primary amides is 1. The van der Waals surface area contributed by atoms with Crippen LogP contribution in [0.4, 0.5) is 16.2 Å². The van der Waals surface area contributed by atoms with Gasteiger partial charge in [-0.25, -0.2) is 4.79 Å². The van der Waals surface area contributed by atoms with Crippen molar-refractivity contribution in [3.8, 4) is 5.75 Å². The molecule has 7 N–H and O–H groups in total. The SMILES string of the molecule is NCC(O)COc1ccc(NC(N)=O)c2c1CCC(=O)N2. The third-order valence-electron chi connectivity index (χ3n) is 3.10. The lowest BCUT2D eigenvalue weighted by molar-refractivity contribution is -0.116. The predicted molar refractivity (Wildman–Crippen MR) is 77.2 cm³/mol. The standard InChI is InChI=1S/C13H18N4O4/c14-5-7(18)6-21-10-3-2-9(16-13(15)20)12-8(10)1-4-11(19)17-12/h2-3,7,18H,1,4-6,14H2,(H,17,19)(H3,15,16,20). The molecule has 1 unspecified atom stereocenters. The van der Waals surface area contributed by atoms with Gasteiger partial charge in [0.15, 0.2) is 0 Å². The molecule has 0 aromatic heterocycles. The van der Waals surface area contributed by atoms with Crippen molar-refractivity contribution in [2.75, 3.05) is 23.8 Å². The number of nitrogens with two attached hydrogens (primary N) is 2. The minimum atomic E-state index is -0.762. The zero-order valence-corrected chi connectivity index (χ0v) is 11.4. The van der Waals surface area contributed by atoms with Crippen LogP contribution in [0.2, 0.25) is 0 Å². The van der Waals surface area contributed by atoms with Crippen molar-refractivity contribution in [1.29, 1.82) is 0 Å². The molecule has 0 saturated heterocycles. The number of nitrogens with one attached hydrogen (secondary N) is 2. The third-order valence-corrected chi connectivity index (χ3v) is 3.10. The Morgan fingerprint density at radius 3 is 2.90 bits per heavy atom. The Bertz CT molecular complexity index is 561. The van der Waals surface area contributed by atoms with Gasteiger partial charge in [-0.1, -0.05) is 0 Å². The van der Waals surface area contributed by atoms with Crippen LogP contribution >= 0.6 is 0 Å². The number of anilines is 2. The predicted octanol–water partition coefficient (Wildman–Crippen LogP) is -0.240. The molecular formula is C13H18N4O4. The quantitative estimate of drug-likeness (QED) is 0.510. The molecule has 3 amide bonds. The van der Waals surface area contributed by atoms with E-state index in [-0.39, 0.29) is 19.1 Å². The van der Waals surface area contributed by atoms with Crippen LogP contribution in [0.1, 0.15) is 12.0 Å². The normalized spacial score (nSPS) is 14.9. The number of fused-ring (bicyclic) bond motifs is 1. The fraction of sp³-hybridized carbons (Fsp3) is 0.385. The zero-order chi connectivity index (χ0) is 15.4. The first-order chi connectivity index (χ1) is 10.0. The van der Waals surface area contributed by atoms with Gasteiger partial charge in [0.05, 0.1) is 11.4 Å². The smallest absolute Gasteiger partial charge is 0.316 e. The summed E-state index contributed by atoms with van der Waals surface area (Å²) in [5.74, 6) is 0.390. The Hall–Kier alpha value is -2.32. The second-order valence-corrected chi connectivity index (χ2v) is 4.70. The number of hydrogen-bond acceptors (Lipinski definition) is 5. The molecular weight excluding hydrogens is 276 g/mol. The Balaban J connectivity index is 2.29. The van der Waals surface area contributed by atoms with E-state index in [2.05, 4.69) is 10.6 Å². The minimum absolute atomic E-state index is 0.0550. The number of aliphatic hydroxyl groups excluding tert-OH is 1. The average Bonchev–Trinajstić information content (AvgIpc) is 2.45. The Morgan fingerprint density at radius 1 is 1.48 bits per heavy atom. The van der Waals surface area contributed by atoms with Crippen LogP contribution in [-0.4, -0.2) is 36.3 Å². The molecule has 0 radical (unpaired) electrons. The highest BCUT2D eigenvalue weighted by Gasteiger charge is 2.22. The maximum Gasteiger partial charge on any atom is 0.316 e. The van der Waals surface area contributed by atoms with Crippen LogP contribution in [0.5, 0.6) is 5.75 Å². The van der Waals surface area contributed by atoms with Crippen LogP contribution < -0.4 is 26.8 Å². The first kappa shape index (κ1) is 15.1. The van der Waals surface area contributed by atoms with Gasteiger partial charge in [0.2, 0.25) is 5.91 Å². The molecule has 1 heterocycles. The fourth-order valence-corrected chi connectivity index (χ4v) is 2.09. The molecule has 21 heavy (non-hydrogen) atoms. The van der Waals surface area contributed by atoms with Gasteiger partial charge in [0.1, 0.15) is 18.5 Å². The van der Waals surface area contributed by atoms with Gasteiger partial charge < -0.3 is 31.9 Å². The minimum Gasteiger partial charge on any atom is -0.490 e. The van der Waals surface area contributed by atoms with Crippen molar-refractivity contribution in [2.45, 2.75) is 18.9 Å². The molecule has 1 aliphatic rings. The molecule has 114 valence electrons. The van der Waals surface area contributed by atoms with Crippen LogP contribution in [0, 0.1) is 0 Å². The molecule has 0 bridgehead atoms. The van der Waals surface area contributed by atoms with Crippen molar-refractivity contribution >= 4 is 23.3 Å². The van der Waals surface area contributed by atoms with Crippen molar-refractivity contribution in [3.05, 3.63) is 17.7 Å². The average molecular weight is 294 g/mol. The number of hydrogen-bond donors (Lipinski definition) is 5. The lowest BCUT2D eigenvalue weighted by atomic mass is 10.0. The number of aliphatic hydroxyl groups is 1. The summed E-state index contributed by atoms with van der Waals surface area (Å²) in [6, 6.07) is 2.52. The van der Waals surface area contributed by atoms with Gasteiger partial charge in [-0.3, -0.25) is 4.79 Å². The lowest BCUT2D eigenvalue weighted by Crippen LogP contribution is -2.28. The van der Waals surface area contributed by atoms with Gasteiger partial charge in [-0.2, -0.15) is 0 Å². The highest BCUT2D eigenvalue weighted by Crippen LogP contribution is 2.37. The van der Waals surface area contributed by atoms with Crippen LogP contribution in [0.25, 0.3) is 0 Å². The summed E-state index contributed by atoms with van der Waals surface area (Å²) >= 11 is 0. The molecule has 0 spiro atoms. The van der Waals surface area contributed by atoms with E-state index in [0.29, 0.717) is 30.0 Å². The number of ether oxygens (including phenoxy) is 1. The third kappa shape index (κ3) is 3.61. The lowest BCUT2D eigenvalue weighted by Gasteiger charge is -2.23. The van der Waals surface area contributed by atoms with E-state index < -0.39 is 12.1 Å². The fourth-order valence-electron chi connectivity index (χ4n) is 2.09. The highest BCUT2D eigenvalue weighted by atomic mass is 16.5. The molecule has 8 nitrogen and oxygen atoms in total. The van der Waals surface area contributed by atoms with E-state index in [1.54, 1.807) is 12.1 Å². The van der Waals surface area contributed by atoms with E-state index in [9.17, 15) is 14.7 Å². The van der Waals surface area contributed by atoms with Crippen LogP contribution in [0.15, 0.2) is 12.1 Å². The molecule has 1 atom stereocenters. The Labute approximate surface area is 121 Å². The molecule has 0 fully saturated rings. The van der Waals surface area contributed by atoms with Crippen molar-refractivity contribution in [1.82, 2.24) is 0 Å². The summed E-state index contributed by atoms with van der Waals surface area (Å²) in [6.07, 6.45) is 0.0361. The maximum atomic E-state index is 11.5. The largest absolute Gasteiger partial charge is 0.490 e. The number of carbonyl (C=O) groups is 2. The second-order valence-electron chi connectivity index (χ2n) is 4.70. The number of benzene rings is 1. The topological polar surface area (TPSA) is 140 Å². The molecule has 1 aromatic rings. The molecule has 1 aliphatic heterocycles. The van der Waals surface area contributed by atoms with Gasteiger partial charge in [-0.05, 0) is 18.6 Å². The molecule has 1 aromatic carbocycles. The number of carbonyl (C=O) groups excluding carboxylic acids is 2. The van der Waals surface area contributed by atoms with E-state index in [1.807, 2.05) is 0 Å². The van der Waals surface area contributed by atoms with Crippen LogP contribution in [0.3, 0.4) is 0 Å². The van der Waals surface area contributed by atoms with Gasteiger partial charge in [0.25, 0.3) is 0 Å². The summed E-state index contributed by atoms with van der Waals surface area (Å²) in [5.41, 5.74) is 12.1. The van der Waals surface area contributed by atoms with Gasteiger partial charge >= 0.3 is 6.03 Å². The van der Waals surface area contributed by atoms with E-state index in [4.69, 9.17) is 16.2 Å². The van der Waals surface area contributed by atoms with Gasteiger partial charge in [0, 0.05) is 18.5 Å². The number of rotatable bonds is 5. The van der Waals surface area contributed by atoms with Crippen molar-refractivity contribution in [2.24, 2.45) is 11.5 Å². The Morgan fingerprint density at radius 2 is 2.24 bits per heavy atom. The monoisotopic (exact) mass is 294 g/mol. The summed E-state index contributed by atoms with van der Waals surface area (Å²) in [4.78, 5) is 22.5. The molecule has 8 heteroatoms. The summed E-state index contributed by atoms with van der Waals surface area (Å²) in [7, 11) is 0. The van der Waals surface area contributed by atoms with E-state index >= 15 is 0 Å². The van der Waals surface area contributed by atoms with Crippen LogP contribution in [-0.2, 0) is 11.2 Å². The van der Waals surface area contributed by atoms with Crippen molar-refractivity contribution in [3.63, 3.8) is 0 Å². The zero-order valence-electron chi connectivity index (χ0n) is 11.4. The van der Waals surface area contributed by atoms with Gasteiger partial charge in [-0.15, -0.1) is 0 Å². The Kier molecular flexibility index (Phi) is 4.61. The molecule has 0 saturated carbocycles.